The lowest BCUT2D eigenvalue weighted by Crippen LogP contribution is -2.33. The summed E-state index contributed by atoms with van der Waals surface area (Å²) in [5.74, 6) is 0.236. The van der Waals surface area contributed by atoms with Crippen LogP contribution in [0.25, 0.3) is 5.69 Å². The van der Waals surface area contributed by atoms with Crippen molar-refractivity contribution in [1.82, 2.24) is 14.5 Å². The van der Waals surface area contributed by atoms with Crippen LogP contribution in [0.4, 0.5) is 0 Å². The van der Waals surface area contributed by atoms with E-state index in [1.807, 2.05) is 30.3 Å². The summed E-state index contributed by atoms with van der Waals surface area (Å²) in [5.41, 5.74) is 0.789. The molecule has 1 unspecified atom stereocenters. The number of sulfonamides is 1. The lowest BCUT2D eigenvalue weighted by atomic mass is 10.2. The SMILES string of the molecule is O=S(=O)(NCC(O)C1CC1)c1cnn(-c2ccccc2)c1. The predicted molar refractivity (Wildman–Crippen MR) is 77.5 cm³/mol. The number of aliphatic hydroxyl groups is 1. The predicted octanol–water partition coefficient (Wildman–Crippen LogP) is 0.921. The molecule has 1 heterocycles. The van der Waals surface area contributed by atoms with Crippen molar-refractivity contribution in [3.05, 3.63) is 42.7 Å². The molecular formula is C14H17N3O3S. The minimum atomic E-state index is -3.64. The molecule has 21 heavy (non-hydrogen) atoms. The Labute approximate surface area is 123 Å². The zero-order valence-corrected chi connectivity index (χ0v) is 12.2. The third kappa shape index (κ3) is 3.31. The molecule has 6 nitrogen and oxygen atoms in total. The molecule has 3 rings (SSSR count). The maximum atomic E-state index is 12.1. The number of benzene rings is 1. The molecule has 0 spiro atoms. The highest BCUT2D eigenvalue weighted by molar-refractivity contribution is 7.89. The van der Waals surface area contributed by atoms with Crippen LogP contribution in [-0.2, 0) is 10.0 Å². The topological polar surface area (TPSA) is 84.2 Å². The van der Waals surface area contributed by atoms with E-state index in [0.717, 1.165) is 18.5 Å². The van der Waals surface area contributed by atoms with E-state index in [2.05, 4.69) is 9.82 Å². The molecule has 0 radical (unpaired) electrons. The lowest BCUT2D eigenvalue weighted by molar-refractivity contribution is 0.155. The highest BCUT2D eigenvalue weighted by Crippen LogP contribution is 2.32. The maximum Gasteiger partial charge on any atom is 0.243 e. The molecule has 1 fully saturated rings. The number of hydrogen-bond acceptors (Lipinski definition) is 4. The van der Waals surface area contributed by atoms with Crippen molar-refractivity contribution in [3.63, 3.8) is 0 Å². The van der Waals surface area contributed by atoms with Crippen molar-refractivity contribution in [1.29, 1.82) is 0 Å². The van der Waals surface area contributed by atoms with Crippen LogP contribution in [0.3, 0.4) is 0 Å². The molecule has 2 aromatic rings. The van der Waals surface area contributed by atoms with Crippen molar-refractivity contribution in [2.75, 3.05) is 6.54 Å². The Hall–Kier alpha value is -1.70. The van der Waals surface area contributed by atoms with Crippen LogP contribution in [0.5, 0.6) is 0 Å². The third-order valence-electron chi connectivity index (χ3n) is 3.54. The molecule has 1 saturated carbocycles. The van der Waals surface area contributed by atoms with Crippen molar-refractivity contribution >= 4 is 10.0 Å². The van der Waals surface area contributed by atoms with Gasteiger partial charge in [0.05, 0.1) is 24.2 Å². The lowest BCUT2D eigenvalue weighted by Gasteiger charge is -2.10. The van der Waals surface area contributed by atoms with Gasteiger partial charge in [0.15, 0.2) is 0 Å². The Balaban J connectivity index is 1.72. The van der Waals surface area contributed by atoms with Crippen LogP contribution in [0.15, 0.2) is 47.6 Å². The van der Waals surface area contributed by atoms with E-state index in [0.29, 0.717) is 0 Å². The molecule has 2 N–H and O–H groups in total. The Kier molecular flexibility index (Phi) is 3.79. The standard InChI is InChI=1S/C14H17N3O3S/c18-14(11-6-7-11)9-16-21(19,20)13-8-15-17(10-13)12-4-2-1-3-5-12/h1-5,8,10-11,14,16,18H,6-7,9H2. The number of para-hydroxylation sites is 1. The fourth-order valence-electron chi connectivity index (χ4n) is 2.09. The van der Waals surface area contributed by atoms with Gasteiger partial charge in [-0.15, -0.1) is 0 Å². The number of rotatable bonds is 6. The molecule has 1 aromatic heterocycles. The van der Waals surface area contributed by atoms with Crippen LogP contribution < -0.4 is 4.72 Å². The van der Waals surface area contributed by atoms with E-state index in [9.17, 15) is 13.5 Å². The smallest absolute Gasteiger partial charge is 0.243 e. The van der Waals surface area contributed by atoms with Crippen LogP contribution in [0.1, 0.15) is 12.8 Å². The van der Waals surface area contributed by atoms with Gasteiger partial charge >= 0.3 is 0 Å². The molecule has 7 heteroatoms. The number of aromatic nitrogens is 2. The minimum absolute atomic E-state index is 0.0452. The van der Waals surface area contributed by atoms with Gasteiger partial charge in [-0.05, 0) is 30.9 Å². The van der Waals surface area contributed by atoms with E-state index in [4.69, 9.17) is 0 Å². The van der Waals surface area contributed by atoms with Crippen LogP contribution in [0, 0.1) is 5.92 Å². The normalized spacial score (nSPS) is 16.8. The van der Waals surface area contributed by atoms with Crippen LogP contribution >= 0.6 is 0 Å². The Bertz CT molecular complexity index is 708. The van der Waals surface area contributed by atoms with Crippen LogP contribution in [-0.4, -0.2) is 36.0 Å². The third-order valence-corrected chi connectivity index (χ3v) is 4.92. The molecule has 1 atom stereocenters. The second-order valence-electron chi connectivity index (χ2n) is 5.21. The van der Waals surface area contributed by atoms with Gasteiger partial charge in [0.25, 0.3) is 0 Å². The summed E-state index contributed by atoms with van der Waals surface area (Å²) in [6, 6.07) is 9.28. The van der Waals surface area contributed by atoms with Crippen LogP contribution in [0.2, 0.25) is 0 Å². The molecule has 1 aliphatic rings. The summed E-state index contributed by atoms with van der Waals surface area (Å²) >= 11 is 0. The Morgan fingerprint density at radius 3 is 2.71 bits per heavy atom. The second kappa shape index (κ2) is 5.59. The van der Waals surface area contributed by atoms with E-state index in [1.165, 1.54) is 17.1 Å². The molecule has 1 aliphatic carbocycles. The van der Waals surface area contributed by atoms with Gasteiger partial charge in [0.2, 0.25) is 10.0 Å². The van der Waals surface area contributed by atoms with Crippen molar-refractivity contribution < 1.29 is 13.5 Å². The maximum absolute atomic E-state index is 12.1. The summed E-state index contributed by atoms with van der Waals surface area (Å²) in [7, 11) is -3.64. The first kappa shape index (κ1) is 14.2. The average Bonchev–Trinajstić information content (AvgIpc) is 3.22. The number of hydrogen-bond donors (Lipinski definition) is 2. The van der Waals surface area contributed by atoms with Gasteiger partial charge < -0.3 is 5.11 Å². The fraction of sp³-hybridized carbons (Fsp3) is 0.357. The van der Waals surface area contributed by atoms with Gasteiger partial charge in [-0.25, -0.2) is 17.8 Å². The monoisotopic (exact) mass is 307 g/mol. The number of nitrogens with one attached hydrogen (secondary N) is 1. The molecule has 1 aromatic carbocycles. The first-order valence-corrected chi connectivity index (χ1v) is 8.32. The molecular weight excluding hydrogens is 290 g/mol. The summed E-state index contributed by atoms with van der Waals surface area (Å²) in [5, 5.41) is 13.8. The summed E-state index contributed by atoms with van der Waals surface area (Å²) in [6.45, 7) is 0.0452. The van der Waals surface area contributed by atoms with Crippen molar-refractivity contribution in [2.45, 2.75) is 23.8 Å². The quantitative estimate of drug-likeness (QED) is 0.831. The molecule has 0 bridgehead atoms. The summed E-state index contributed by atoms with van der Waals surface area (Å²) in [4.78, 5) is 0.0920. The Morgan fingerprint density at radius 2 is 2.05 bits per heavy atom. The van der Waals surface area contributed by atoms with Gasteiger partial charge in [-0.1, -0.05) is 18.2 Å². The zero-order valence-electron chi connectivity index (χ0n) is 11.4. The first-order valence-electron chi connectivity index (χ1n) is 6.84. The molecule has 0 saturated heterocycles. The number of aliphatic hydroxyl groups excluding tert-OH is 1. The minimum Gasteiger partial charge on any atom is -0.391 e. The highest BCUT2D eigenvalue weighted by atomic mass is 32.2. The summed E-state index contributed by atoms with van der Waals surface area (Å²) in [6.07, 6.45) is 4.09. The second-order valence-corrected chi connectivity index (χ2v) is 6.98. The van der Waals surface area contributed by atoms with Crippen molar-refractivity contribution in [3.8, 4) is 5.69 Å². The van der Waals surface area contributed by atoms with Crippen molar-refractivity contribution in [2.24, 2.45) is 5.92 Å². The van der Waals surface area contributed by atoms with Gasteiger partial charge in [0, 0.05) is 6.54 Å². The van der Waals surface area contributed by atoms with Gasteiger partial charge in [-0.3, -0.25) is 0 Å². The van der Waals surface area contributed by atoms with Gasteiger partial charge in [0.1, 0.15) is 4.90 Å². The Morgan fingerprint density at radius 1 is 1.33 bits per heavy atom. The molecule has 0 aliphatic heterocycles. The van der Waals surface area contributed by atoms with Gasteiger partial charge in [-0.2, -0.15) is 5.10 Å². The van der Waals surface area contributed by atoms with E-state index in [-0.39, 0.29) is 17.4 Å². The molecule has 0 amide bonds. The van der Waals surface area contributed by atoms with E-state index in [1.54, 1.807) is 0 Å². The highest BCUT2D eigenvalue weighted by Gasteiger charge is 2.30. The fourth-order valence-corrected chi connectivity index (χ4v) is 3.07. The largest absolute Gasteiger partial charge is 0.391 e. The number of nitrogens with zero attached hydrogens (tertiary/aromatic N) is 2. The van der Waals surface area contributed by atoms with E-state index >= 15 is 0 Å². The first-order chi connectivity index (χ1) is 10.1. The summed E-state index contributed by atoms with van der Waals surface area (Å²) < 4.78 is 28.2. The van der Waals surface area contributed by atoms with E-state index < -0.39 is 16.1 Å². The molecule has 112 valence electrons. The average molecular weight is 307 g/mol. The zero-order chi connectivity index (χ0) is 14.9.